The van der Waals surface area contributed by atoms with Crippen molar-refractivity contribution >= 4 is 15.9 Å². The Morgan fingerprint density at radius 3 is 2.65 bits per heavy atom. The van der Waals surface area contributed by atoms with Crippen LogP contribution < -0.4 is 5.73 Å². The maximum atomic E-state index is 5.97. The van der Waals surface area contributed by atoms with Gasteiger partial charge in [0.05, 0.1) is 11.6 Å². The molecule has 0 aliphatic rings. The SMILES string of the molecule is CC(C)C(N)c1noc(-c2ccccc2Br)n1. The molecule has 0 bridgehead atoms. The summed E-state index contributed by atoms with van der Waals surface area (Å²) in [6.45, 7) is 4.05. The Balaban J connectivity index is 2.34. The van der Waals surface area contributed by atoms with Gasteiger partial charge >= 0.3 is 0 Å². The first-order chi connectivity index (χ1) is 8.09. The highest BCUT2D eigenvalue weighted by Gasteiger charge is 2.18. The van der Waals surface area contributed by atoms with Crippen LogP contribution in [0.3, 0.4) is 0 Å². The molecule has 0 fully saturated rings. The molecule has 0 radical (unpaired) electrons. The molecule has 0 aliphatic heterocycles. The summed E-state index contributed by atoms with van der Waals surface area (Å²) in [6.07, 6.45) is 0. The van der Waals surface area contributed by atoms with E-state index in [1.807, 2.05) is 38.1 Å². The van der Waals surface area contributed by atoms with E-state index in [2.05, 4.69) is 26.1 Å². The van der Waals surface area contributed by atoms with Crippen LogP contribution in [0.5, 0.6) is 0 Å². The normalized spacial score (nSPS) is 13.0. The van der Waals surface area contributed by atoms with Crippen LogP contribution >= 0.6 is 15.9 Å². The standard InChI is InChI=1S/C12H14BrN3O/c1-7(2)10(14)11-15-12(17-16-11)8-5-3-4-6-9(8)13/h3-7,10H,14H2,1-2H3. The molecule has 0 spiro atoms. The van der Waals surface area contributed by atoms with Gasteiger partial charge in [0.1, 0.15) is 0 Å². The van der Waals surface area contributed by atoms with Gasteiger partial charge in [0.15, 0.2) is 5.82 Å². The van der Waals surface area contributed by atoms with Crippen molar-refractivity contribution in [2.75, 3.05) is 0 Å². The van der Waals surface area contributed by atoms with Gasteiger partial charge in [-0.25, -0.2) is 0 Å². The quantitative estimate of drug-likeness (QED) is 0.945. The Kier molecular flexibility index (Phi) is 3.59. The monoisotopic (exact) mass is 295 g/mol. The minimum absolute atomic E-state index is 0.199. The van der Waals surface area contributed by atoms with Gasteiger partial charge in [-0.1, -0.05) is 31.1 Å². The third kappa shape index (κ3) is 2.56. The van der Waals surface area contributed by atoms with Gasteiger partial charge in [-0.15, -0.1) is 0 Å². The fraction of sp³-hybridized carbons (Fsp3) is 0.333. The van der Waals surface area contributed by atoms with Crippen molar-refractivity contribution in [3.8, 4) is 11.5 Å². The number of aromatic nitrogens is 2. The average molecular weight is 296 g/mol. The first kappa shape index (κ1) is 12.3. The summed E-state index contributed by atoms with van der Waals surface area (Å²) in [6, 6.07) is 7.51. The molecule has 2 aromatic rings. The van der Waals surface area contributed by atoms with Crippen molar-refractivity contribution in [2.45, 2.75) is 19.9 Å². The molecule has 90 valence electrons. The molecule has 1 unspecified atom stereocenters. The molecule has 4 nitrogen and oxygen atoms in total. The Bertz CT molecular complexity index is 510. The number of hydrogen-bond donors (Lipinski definition) is 1. The van der Waals surface area contributed by atoms with Crippen molar-refractivity contribution < 1.29 is 4.52 Å². The molecule has 1 heterocycles. The third-order valence-electron chi connectivity index (χ3n) is 2.56. The topological polar surface area (TPSA) is 64.9 Å². The average Bonchev–Trinajstić information content (AvgIpc) is 2.77. The van der Waals surface area contributed by atoms with Crippen molar-refractivity contribution in [1.29, 1.82) is 0 Å². The molecule has 0 aliphatic carbocycles. The van der Waals surface area contributed by atoms with Crippen molar-refractivity contribution in [3.05, 3.63) is 34.6 Å². The van der Waals surface area contributed by atoms with Crippen LogP contribution in [-0.4, -0.2) is 10.1 Å². The molecule has 5 heteroatoms. The van der Waals surface area contributed by atoms with Crippen LogP contribution in [0.1, 0.15) is 25.7 Å². The molecular formula is C12H14BrN3O. The Morgan fingerprint density at radius 2 is 2.00 bits per heavy atom. The van der Waals surface area contributed by atoms with Gasteiger partial charge in [-0.05, 0) is 34.0 Å². The molecule has 0 saturated heterocycles. The van der Waals surface area contributed by atoms with Gasteiger partial charge < -0.3 is 10.3 Å². The highest BCUT2D eigenvalue weighted by molar-refractivity contribution is 9.10. The molecule has 0 saturated carbocycles. The summed E-state index contributed by atoms with van der Waals surface area (Å²) >= 11 is 3.45. The predicted octanol–water partition coefficient (Wildman–Crippen LogP) is 3.15. The van der Waals surface area contributed by atoms with Gasteiger partial charge in [-0.2, -0.15) is 4.98 Å². The maximum absolute atomic E-state index is 5.97. The highest BCUT2D eigenvalue weighted by Crippen LogP contribution is 2.27. The zero-order valence-electron chi connectivity index (χ0n) is 9.72. The maximum Gasteiger partial charge on any atom is 0.259 e. The fourth-order valence-corrected chi connectivity index (χ4v) is 1.87. The second-order valence-corrected chi connectivity index (χ2v) is 5.06. The van der Waals surface area contributed by atoms with Crippen molar-refractivity contribution in [2.24, 2.45) is 11.7 Å². The number of benzene rings is 1. The fourth-order valence-electron chi connectivity index (χ4n) is 1.41. The summed E-state index contributed by atoms with van der Waals surface area (Å²) in [5.41, 5.74) is 6.85. The lowest BCUT2D eigenvalue weighted by Crippen LogP contribution is -2.18. The molecular weight excluding hydrogens is 282 g/mol. The van der Waals surface area contributed by atoms with E-state index in [0.29, 0.717) is 11.7 Å². The third-order valence-corrected chi connectivity index (χ3v) is 3.25. The van der Waals surface area contributed by atoms with Crippen LogP contribution in [-0.2, 0) is 0 Å². The molecule has 17 heavy (non-hydrogen) atoms. The van der Waals surface area contributed by atoms with Crippen LogP contribution in [0, 0.1) is 5.92 Å². The molecule has 2 rings (SSSR count). The lowest BCUT2D eigenvalue weighted by molar-refractivity contribution is 0.400. The molecule has 1 aromatic carbocycles. The summed E-state index contributed by atoms with van der Waals surface area (Å²) in [5, 5.41) is 3.92. The van der Waals surface area contributed by atoms with Crippen molar-refractivity contribution in [3.63, 3.8) is 0 Å². The lowest BCUT2D eigenvalue weighted by atomic mass is 10.1. The number of hydrogen-bond acceptors (Lipinski definition) is 4. The van der Waals surface area contributed by atoms with Gasteiger partial charge in [0.2, 0.25) is 0 Å². The van der Waals surface area contributed by atoms with E-state index in [0.717, 1.165) is 10.0 Å². The second kappa shape index (κ2) is 4.98. The van der Waals surface area contributed by atoms with Crippen LogP contribution in [0.25, 0.3) is 11.5 Å². The zero-order valence-corrected chi connectivity index (χ0v) is 11.3. The van der Waals surface area contributed by atoms with E-state index in [1.54, 1.807) is 0 Å². The van der Waals surface area contributed by atoms with Gasteiger partial charge in [0, 0.05) is 4.47 Å². The number of nitrogens with two attached hydrogens (primary N) is 1. The minimum Gasteiger partial charge on any atom is -0.334 e. The summed E-state index contributed by atoms with van der Waals surface area (Å²) in [7, 11) is 0. The first-order valence-corrected chi connectivity index (χ1v) is 6.23. The van der Waals surface area contributed by atoms with E-state index in [4.69, 9.17) is 10.3 Å². The first-order valence-electron chi connectivity index (χ1n) is 5.43. The molecule has 2 N–H and O–H groups in total. The second-order valence-electron chi connectivity index (χ2n) is 4.21. The smallest absolute Gasteiger partial charge is 0.259 e. The van der Waals surface area contributed by atoms with E-state index in [1.165, 1.54) is 0 Å². The van der Waals surface area contributed by atoms with E-state index >= 15 is 0 Å². The molecule has 1 aromatic heterocycles. The summed E-state index contributed by atoms with van der Waals surface area (Å²) in [5.74, 6) is 1.31. The van der Waals surface area contributed by atoms with Gasteiger partial charge in [-0.3, -0.25) is 0 Å². The van der Waals surface area contributed by atoms with Gasteiger partial charge in [0.25, 0.3) is 5.89 Å². The largest absolute Gasteiger partial charge is 0.334 e. The van der Waals surface area contributed by atoms with Crippen LogP contribution in [0.2, 0.25) is 0 Å². The van der Waals surface area contributed by atoms with E-state index < -0.39 is 0 Å². The molecule has 0 amide bonds. The predicted molar refractivity (Wildman–Crippen MR) is 69.2 cm³/mol. The Hall–Kier alpha value is -1.20. The van der Waals surface area contributed by atoms with E-state index in [-0.39, 0.29) is 12.0 Å². The Morgan fingerprint density at radius 1 is 1.29 bits per heavy atom. The summed E-state index contributed by atoms with van der Waals surface area (Å²) < 4.78 is 6.16. The number of nitrogens with zero attached hydrogens (tertiary/aromatic N) is 2. The van der Waals surface area contributed by atoms with Crippen LogP contribution in [0.4, 0.5) is 0 Å². The Labute approximate surface area is 108 Å². The number of rotatable bonds is 3. The number of halogens is 1. The lowest BCUT2D eigenvalue weighted by Gasteiger charge is -2.09. The molecule has 1 atom stereocenters. The minimum atomic E-state index is -0.199. The highest BCUT2D eigenvalue weighted by atomic mass is 79.9. The van der Waals surface area contributed by atoms with Crippen LogP contribution in [0.15, 0.2) is 33.3 Å². The van der Waals surface area contributed by atoms with Crippen molar-refractivity contribution in [1.82, 2.24) is 10.1 Å². The zero-order chi connectivity index (χ0) is 12.4. The van der Waals surface area contributed by atoms with E-state index in [9.17, 15) is 0 Å². The summed E-state index contributed by atoms with van der Waals surface area (Å²) in [4.78, 5) is 4.33.